The second-order valence-corrected chi connectivity index (χ2v) is 5.59. The van der Waals surface area contributed by atoms with Gasteiger partial charge in [-0.15, -0.1) is 0 Å². The zero-order chi connectivity index (χ0) is 15.9. The Morgan fingerprint density at radius 1 is 1.09 bits per heavy atom. The molecule has 1 aliphatic heterocycles. The number of benzene rings is 1. The van der Waals surface area contributed by atoms with E-state index in [-0.39, 0.29) is 6.61 Å². The standard InChI is InChI=1S/C18H22N2O3/c21-9-8-20(13-15-4-2-7-19-12-15)14-16-5-1-6-17-18(16)23-11-3-10-22-17/h1-2,4-7,12,21H,3,8-11,13-14H2. The Bertz CT molecular complexity index is 619. The van der Waals surface area contributed by atoms with Crippen molar-refractivity contribution in [3.8, 4) is 11.5 Å². The molecule has 0 saturated carbocycles. The summed E-state index contributed by atoms with van der Waals surface area (Å²) in [6.07, 6.45) is 4.52. The molecular formula is C18H22N2O3. The average molecular weight is 314 g/mol. The number of pyridine rings is 1. The molecule has 2 aromatic rings. The summed E-state index contributed by atoms with van der Waals surface area (Å²) in [6.45, 7) is 3.51. The van der Waals surface area contributed by atoms with E-state index < -0.39 is 0 Å². The average Bonchev–Trinajstić information content (AvgIpc) is 2.82. The van der Waals surface area contributed by atoms with Crippen LogP contribution in [-0.2, 0) is 13.1 Å². The molecule has 122 valence electrons. The van der Waals surface area contributed by atoms with Crippen molar-refractivity contribution in [1.29, 1.82) is 0 Å². The summed E-state index contributed by atoms with van der Waals surface area (Å²) >= 11 is 0. The zero-order valence-corrected chi connectivity index (χ0v) is 13.1. The topological polar surface area (TPSA) is 54.8 Å². The highest BCUT2D eigenvalue weighted by atomic mass is 16.5. The lowest BCUT2D eigenvalue weighted by Gasteiger charge is -2.23. The van der Waals surface area contributed by atoms with Gasteiger partial charge in [-0.3, -0.25) is 9.88 Å². The molecule has 0 fully saturated rings. The molecule has 3 rings (SSSR count). The van der Waals surface area contributed by atoms with Gasteiger partial charge in [0.1, 0.15) is 0 Å². The Morgan fingerprint density at radius 3 is 2.83 bits per heavy atom. The first-order valence-corrected chi connectivity index (χ1v) is 7.96. The van der Waals surface area contributed by atoms with Crippen LogP contribution >= 0.6 is 0 Å². The summed E-state index contributed by atoms with van der Waals surface area (Å²) in [5.41, 5.74) is 2.21. The Labute approximate surface area is 136 Å². The number of fused-ring (bicyclic) bond motifs is 1. The highest BCUT2D eigenvalue weighted by Crippen LogP contribution is 2.34. The highest BCUT2D eigenvalue weighted by molar-refractivity contribution is 5.47. The predicted octanol–water partition coefficient (Wildman–Crippen LogP) is 2.24. The summed E-state index contributed by atoms with van der Waals surface area (Å²) in [5.74, 6) is 1.64. The Kier molecular flexibility index (Phi) is 5.45. The van der Waals surface area contributed by atoms with Crippen LogP contribution in [0.25, 0.3) is 0 Å². The fraction of sp³-hybridized carbons (Fsp3) is 0.389. The third-order valence-corrected chi connectivity index (χ3v) is 3.79. The second-order valence-electron chi connectivity index (χ2n) is 5.59. The van der Waals surface area contributed by atoms with Gasteiger partial charge in [-0.05, 0) is 17.7 Å². The number of aliphatic hydroxyl groups is 1. The molecule has 5 heteroatoms. The maximum absolute atomic E-state index is 9.36. The largest absolute Gasteiger partial charge is 0.490 e. The van der Waals surface area contributed by atoms with Crippen molar-refractivity contribution >= 4 is 0 Å². The van der Waals surface area contributed by atoms with E-state index in [1.807, 2.05) is 30.5 Å². The number of aliphatic hydroxyl groups excluding tert-OH is 1. The Balaban J connectivity index is 1.77. The van der Waals surface area contributed by atoms with Gasteiger partial charge in [-0.1, -0.05) is 18.2 Å². The molecule has 0 unspecified atom stereocenters. The maximum Gasteiger partial charge on any atom is 0.165 e. The molecule has 0 spiro atoms. The van der Waals surface area contributed by atoms with Gasteiger partial charge in [-0.25, -0.2) is 0 Å². The van der Waals surface area contributed by atoms with Crippen molar-refractivity contribution in [2.75, 3.05) is 26.4 Å². The van der Waals surface area contributed by atoms with Crippen LogP contribution < -0.4 is 9.47 Å². The van der Waals surface area contributed by atoms with E-state index in [0.717, 1.165) is 35.6 Å². The van der Waals surface area contributed by atoms with Crippen molar-refractivity contribution in [2.24, 2.45) is 0 Å². The number of para-hydroxylation sites is 1. The molecule has 0 atom stereocenters. The molecule has 0 aliphatic carbocycles. The van der Waals surface area contributed by atoms with E-state index in [2.05, 4.69) is 16.0 Å². The SMILES string of the molecule is OCCN(Cc1cccnc1)Cc1cccc2c1OCCCO2. The van der Waals surface area contributed by atoms with E-state index >= 15 is 0 Å². The molecule has 2 heterocycles. The summed E-state index contributed by atoms with van der Waals surface area (Å²) in [6, 6.07) is 9.97. The number of hydrogen-bond acceptors (Lipinski definition) is 5. The number of hydrogen-bond donors (Lipinski definition) is 1. The van der Waals surface area contributed by atoms with Gasteiger partial charge in [0, 0.05) is 44.0 Å². The van der Waals surface area contributed by atoms with Gasteiger partial charge in [-0.2, -0.15) is 0 Å². The maximum atomic E-state index is 9.36. The van der Waals surface area contributed by atoms with Crippen LogP contribution in [0.4, 0.5) is 0 Å². The zero-order valence-electron chi connectivity index (χ0n) is 13.1. The van der Waals surface area contributed by atoms with Crippen molar-refractivity contribution in [2.45, 2.75) is 19.5 Å². The van der Waals surface area contributed by atoms with Crippen LogP contribution in [0.5, 0.6) is 11.5 Å². The second kappa shape index (κ2) is 7.94. The highest BCUT2D eigenvalue weighted by Gasteiger charge is 2.17. The van der Waals surface area contributed by atoms with Crippen molar-refractivity contribution in [3.63, 3.8) is 0 Å². The van der Waals surface area contributed by atoms with Gasteiger partial charge in [0.2, 0.25) is 0 Å². The van der Waals surface area contributed by atoms with Crippen LogP contribution in [0.1, 0.15) is 17.5 Å². The minimum atomic E-state index is 0.118. The minimum Gasteiger partial charge on any atom is -0.490 e. The first-order chi connectivity index (χ1) is 11.4. The summed E-state index contributed by atoms with van der Waals surface area (Å²) < 4.78 is 11.6. The number of rotatable bonds is 6. The molecule has 23 heavy (non-hydrogen) atoms. The molecule has 0 radical (unpaired) electrons. The van der Waals surface area contributed by atoms with E-state index in [4.69, 9.17) is 9.47 Å². The first-order valence-electron chi connectivity index (χ1n) is 7.96. The third-order valence-electron chi connectivity index (χ3n) is 3.79. The molecule has 0 saturated heterocycles. The van der Waals surface area contributed by atoms with Gasteiger partial charge < -0.3 is 14.6 Å². The minimum absolute atomic E-state index is 0.118. The molecule has 0 bridgehead atoms. The molecule has 1 aromatic carbocycles. The lowest BCUT2D eigenvalue weighted by Crippen LogP contribution is -2.26. The van der Waals surface area contributed by atoms with E-state index in [1.54, 1.807) is 6.20 Å². The van der Waals surface area contributed by atoms with Crippen LogP contribution in [-0.4, -0.2) is 41.4 Å². The number of aromatic nitrogens is 1. The molecule has 0 amide bonds. The molecule has 1 N–H and O–H groups in total. The molecular weight excluding hydrogens is 292 g/mol. The first kappa shape index (κ1) is 15.8. The van der Waals surface area contributed by atoms with Crippen molar-refractivity contribution in [3.05, 3.63) is 53.9 Å². The van der Waals surface area contributed by atoms with Crippen molar-refractivity contribution < 1.29 is 14.6 Å². The van der Waals surface area contributed by atoms with Gasteiger partial charge in [0.15, 0.2) is 11.5 Å². The van der Waals surface area contributed by atoms with E-state index in [9.17, 15) is 5.11 Å². The van der Waals surface area contributed by atoms with E-state index in [1.165, 1.54) is 0 Å². The monoisotopic (exact) mass is 314 g/mol. The quantitative estimate of drug-likeness (QED) is 0.886. The van der Waals surface area contributed by atoms with E-state index in [0.29, 0.717) is 26.3 Å². The normalized spacial score (nSPS) is 13.8. The summed E-state index contributed by atoms with van der Waals surface area (Å²) in [4.78, 5) is 6.34. The molecule has 1 aromatic heterocycles. The lowest BCUT2D eigenvalue weighted by molar-refractivity contribution is 0.182. The fourth-order valence-electron chi connectivity index (χ4n) is 2.72. The molecule has 5 nitrogen and oxygen atoms in total. The number of nitrogens with zero attached hydrogens (tertiary/aromatic N) is 2. The number of ether oxygens (including phenoxy) is 2. The third kappa shape index (κ3) is 4.21. The van der Waals surface area contributed by atoms with Crippen LogP contribution in [0, 0.1) is 0 Å². The van der Waals surface area contributed by atoms with Gasteiger partial charge in [0.25, 0.3) is 0 Å². The lowest BCUT2D eigenvalue weighted by atomic mass is 10.1. The van der Waals surface area contributed by atoms with Crippen LogP contribution in [0.15, 0.2) is 42.7 Å². The van der Waals surface area contributed by atoms with Crippen LogP contribution in [0.3, 0.4) is 0 Å². The predicted molar refractivity (Wildman–Crippen MR) is 87.5 cm³/mol. The summed E-state index contributed by atoms with van der Waals surface area (Å²) in [7, 11) is 0. The van der Waals surface area contributed by atoms with Gasteiger partial charge >= 0.3 is 0 Å². The Morgan fingerprint density at radius 2 is 2.00 bits per heavy atom. The van der Waals surface area contributed by atoms with Gasteiger partial charge in [0.05, 0.1) is 19.8 Å². The molecule has 1 aliphatic rings. The fourth-order valence-corrected chi connectivity index (χ4v) is 2.72. The summed E-state index contributed by atoms with van der Waals surface area (Å²) in [5, 5.41) is 9.36. The van der Waals surface area contributed by atoms with Crippen LogP contribution in [0.2, 0.25) is 0 Å². The Hall–Kier alpha value is -2.11. The smallest absolute Gasteiger partial charge is 0.165 e. The van der Waals surface area contributed by atoms with Crippen molar-refractivity contribution in [1.82, 2.24) is 9.88 Å².